The molecule has 1 atom stereocenters. The van der Waals surface area contributed by atoms with E-state index in [0.29, 0.717) is 18.0 Å². The molecule has 1 aromatic rings. The number of nitrogens with one attached hydrogen (secondary N) is 1. The van der Waals surface area contributed by atoms with Gasteiger partial charge in [-0.2, -0.15) is 0 Å². The van der Waals surface area contributed by atoms with Gasteiger partial charge < -0.3 is 15.5 Å². The Morgan fingerprint density at radius 2 is 2.22 bits per heavy atom. The molecule has 1 rings (SSSR count). The molecule has 0 amide bonds. The number of aromatic nitrogens is 1. The number of aromatic carboxylic acids is 1. The van der Waals surface area contributed by atoms with E-state index >= 15 is 0 Å². The first-order chi connectivity index (χ1) is 8.32. The summed E-state index contributed by atoms with van der Waals surface area (Å²) in [6.45, 7) is 6.08. The van der Waals surface area contributed by atoms with E-state index in [1.165, 1.54) is 18.5 Å². The lowest BCUT2D eigenvalue weighted by atomic mass is 9.94. The number of carboxylic acids is 1. The predicted molar refractivity (Wildman–Crippen MR) is 69.8 cm³/mol. The summed E-state index contributed by atoms with van der Waals surface area (Å²) >= 11 is 0. The van der Waals surface area contributed by atoms with Crippen LogP contribution in [0.15, 0.2) is 18.5 Å². The van der Waals surface area contributed by atoms with Gasteiger partial charge in [-0.3, -0.25) is 4.98 Å². The minimum Gasteiger partial charge on any atom is -0.478 e. The number of aliphatic hydroxyl groups is 1. The Balaban J connectivity index is 2.71. The van der Waals surface area contributed by atoms with E-state index < -0.39 is 11.6 Å². The Labute approximate surface area is 107 Å². The fraction of sp³-hybridized carbons (Fsp3) is 0.538. The van der Waals surface area contributed by atoms with E-state index in [1.807, 2.05) is 13.8 Å². The van der Waals surface area contributed by atoms with Crippen molar-refractivity contribution in [1.29, 1.82) is 0 Å². The van der Waals surface area contributed by atoms with E-state index in [0.717, 1.165) is 0 Å². The number of anilines is 1. The maximum absolute atomic E-state index is 11.0. The zero-order valence-corrected chi connectivity index (χ0v) is 11.0. The van der Waals surface area contributed by atoms with Crippen molar-refractivity contribution in [1.82, 2.24) is 4.98 Å². The molecule has 0 bridgehead atoms. The molecule has 1 heterocycles. The minimum atomic E-state index is -1.01. The van der Waals surface area contributed by atoms with Gasteiger partial charge in [0.15, 0.2) is 0 Å². The van der Waals surface area contributed by atoms with Gasteiger partial charge in [0.05, 0.1) is 23.0 Å². The molecule has 3 N–H and O–H groups in total. The molecule has 0 aliphatic rings. The molecule has 5 nitrogen and oxygen atoms in total. The summed E-state index contributed by atoms with van der Waals surface area (Å²) in [4.78, 5) is 14.9. The third-order valence-electron chi connectivity index (χ3n) is 2.56. The summed E-state index contributed by atoms with van der Waals surface area (Å²) in [6.07, 6.45) is 3.53. The van der Waals surface area contributed by atoms with E-state index in [2.05, 4.69) is 10.3 Å². The molecular formula is C13H20N2O3. The van der Waals surface area contributed by atoms with Crippen molar-refractivity contribution in [2.24, 2.45) is 5.92 Å². The molecule has 1 unspecified atom stereocenters. The highest BCUT2D eigenvalue weighted by molar-refractivity contribution is 5.93. The average molecular weight is 252 g/mol. The van der Waals surface area contributed by atoms with Crippen molar-refractivity contribution >= 4 is 11.7 Å². The molecule has 0 saturated carbocycles. The van der Waals surface area contributed by atoms with Crippen LogP contribution in [0.25, 0.3) is 0 Å². The van der Waals surface area contributed by atoms with Gasteiger partial charge in [-0.05, 0) is 25.3 Å². The van der Waals surface area contributed by atoms with Crippen LogP contribution >= 0.6 is 0 Å². The second-order valence-corrected chi connectivity index (χ2v) is 5.17. The van der Waals surface area contributed by atoms with Crippen molar-refractivity contribution in [3.63, 3.8) is 0 Å². The molecular weight excluding hydrogens is 232 g/mol. The van der Waals surface area contributed by atoms with Crippen molar-refractivity contribution in [2.75, 3.05) is 11.9 Å². The first kappa shape index (κ1) is 14.4. The van der Waals surface area contributed by atoms with Gasteiger partial charge in [0.2, 0.25) is 0 Å². The fourth-order valence-corrected chi connectivity index (χ4v) is 1.96. The highest BCUT2D eigenvalue weighted by atomic mass is 16.4. The monoisotopic (exact) mass is 252 g/mol. The Kier molecular flexibility index (Phi) is 4.67. The Hall–Kier alpha value is -1.62. The number of pyridine rings is 1. The maximum atomic E-state index is 11.0. The Bertz CT molecular complexity index is 416. The summed E-state index contributed by atoms with van der Waals surface area (Å²) in [7, 11) is 0. The maximum Gasteiger partial charge on any atom is 0.337 e. The van der Waals surface area contributed by atoms with Crippen LogP contribution in [0.5, 0.6) is 0 Å². The standard InChI is InChI=1S/C13H20N2O3/c1-9(2)6-13(3,18)8-15-11-7-14-5-4-10(11)12(16)17/h4-5,7,9,15,18H,6,8H2,1-3H3,(H,16,17). The molecule has 0 spiro atoms. The van der Waals surface area contributed by atoms with E-state index in [4.69, 9.17) is 5.11 Å². The molecule has 0 radical (unpaired) electrons. The molecule has 100 valence electrons. The van der Waals surface area contributed by atoms with Crippen LogP contribution in [0.2, 0.25) is 0 Å². The summed E-state index contributed by atoms with van der Waals surface area (Å²) in [5.74, 6) is -0.641. The van der Waals surface area contributed by atoms with Gasteiger partial charge >= 0.3 is 5.97 Å². The van der Waals surface area contributed by atoms with Crippen LogP contribution in [0.3, 0.4) is 0 Å². The van der Waals surface area contributed by atoms with Gasteiger partial charge in [0, 0.05) is 12.7 Å². The van der Waals surface area contributed by atoms with E-state index in [9.17, 15) is 9.90 Å². The highest BCUT2D eigenvalue weighted by Crippen LogP contribution is 2.19. The summed E-state index contributed by atoms with van der Waals surface area (Å²) in [6, 6.07) is 1.43. The molecule has 0 aliphatic heterocycles. The Morgan fingerprint density at radius 3 is 2.78 bits per heavy atom. The van der Waals surface area contributed by atoms with Crippen molar-refractivity contribution in [3.8, 4) is 0 Å². The fourth-order valence-electron chi connectivity index (χ4n) is 1.96. The van der Waals surface area contributed by atoms with Gasteiger partial charge in [-0.15, -0.1) is 0 Å². The number of rotatable bonds is 6. The van der Waals surface area contributed by atoms with Crippen LogP contribution in [0.1, 0.15) is 37.6 Å². The second-order valence-electron chi connectivity index (χ2n) is 5.17. The lowest BCUT2D eigenvalue weighted by Crippen LogP contribution is -2.35. The number of carbonyl (C=O) groups is 1. The molecule has 5 heteroatoms. The van der Waals surface area contributed by atoms with Gasteiger partial charge in [0.1, 0.15) is 0 Å². The highest BCUT2D eigenvalue weighted by Gasteiger charge is 2.22. The first-order valence-corrected chi connectivity index (χ1v) is 5.95. The molecule has 18 heavy (non-hydrogen) atoms. The summed E-state index contributed by atoms with van der Waals surface area (Å²) in [5.41, 5.74) is -0.292. The summed E-state index contributed by atoms with van der Waals surface area (Å²) in [5, 5.41) is 22.1. The number of hydrogen-bond acceptors (Lipinski definition) is 4. The largest absolute Gasteiger partial charge is 0.478 e. The van der Waals surface area contributed by atoms with Gasteiger partial charge in [0.25, 0.3) is 0 Å². The minimum absolute atomic E-state index is 0.158. The van der Waals surface area contributed by atoms with E-state index in [1.54, 1.807) is 6.92 Å². The van der Waals surface area contributed by atoms with Crippen molar-refractivity contribution in [2.45, 2.75) is 32.8 Å². The molecule has 0 saturated heterocycles. The quantitative estimate of drug-likeness (QED) is 0.721. The third-order valence-corrected chi connectivity index (χ3v) is 2.56. The van der Waals surface area contributed by atoms with Crippen molar-refractivity contribution in [3.05, 3.63) is 24.0 Å². The smallest absolute Gasteiger partial charge is 0.337 e. The Morgan fingerprint density at radius 1 is 1.56 bits per heavy atom. The lowest BCUT2D eigenvalue weighted by Gasteiger charge is -2.26. The third kappa shape index (κ3) is 4.33. The normalized spacial score (nSPS) is 14.3. The number of hydrogen-bond donors (Lipinski definition) is 3. The van der Waals surface area contributed by atoms with Crippen LogP contribution in [-0.4, -0.2) is 33.3 Å². The average Bonchev–Trinajstić information content (AvgIpc) is 2.25. The van der Waals surface area contributed by atoms with Crippen LogP contribution < -0.4 is 5.32 Å². The van der Waals surface area contributed by atoms with Gasteiger partial charge in [-0.25, -0.2) is 4.79 Å². The molecule has 0 aliphatic carbocycles. The predicted octanol–water partition coefficient (Wildman–Crippen LogP) is 1.99. The second kappa shape index (κ2) is 5.82. The van der Waals surface area contributed by atoms with Crippen molar-refractivity contribution < 1.29 is 15.0 Å². The van der Waals surface area contributed by atoms with E-state index in [-0.39, 0.29) is 12.1 Å². The lowest BCUT2D eigenvalue weighted by molar-refractivity contribution is 0.0513. The van der Waals surface area contributed by atoms with Gasteiger partial charge in [-0.1, -0.05) is 13.8 Å². The number of nitrogens with zero attached hydrogens (tertiary/aromatic N) is 1. The molecule has 0 fully saturated rings. The molecule has 1 aromatic heterocycles. The topological polar surface area (TPSA) is 82.5 Å². The van der Waals surface area contributed by atoms with Crippen LogP contribution in [0, 0.1) is 5.92 Å². The zero-order valence-electron chi connectivity index (χ0n) is 11.0. The van der Waals surface area contributed by atoms with Crippen LogP contribution in [0.4, 0.5) is 5.69 Å². The molecule has 0 aromatic carbocycles. The number of carboxylic acid groups (broad SMARTS) is 1. The SMILES string of the molecule is CC(C)CC(C)(O)CNc1cnccc1C(=O)O. The first-order valence-electron chi connectivity index (χ1n) is 5.95. The summed E-state index contributed by atoms with van der Waals surface area (Å²) < 4.78 is 0. The zero-order chi connectivity index (χ0) is 13.8. The van der Waals surface area contributed by atoms with Crippen LogP contribution in [-0.2, 0) is 0 Å².